The summed E-state index contributed by atoms with van der Waals surface area (Å²) in [7, 11) is -3.99. The van der Waals surface area contributed by atoms with Gasteiger partial charge in [-0.25, -0.2) is 13.8 Å². The van der Waals surface area contributed by atoms with E-state index in [9.17, 15) is 13.2 Å². The summed E-state index contributed by atoms with van der Waals surface area (Å²) in [6.45, 7) is -0.466. The Morgan fingerprint density at radius 1 is 1.00 bits per heavy atom. The van der Waals surface area contributed by atoms with Crippen molar-refractivity contribution in [2.75, 3.05) is 10.8 Å². The van der Waals surface area contributed by atoms with Crippen LogP contribution in [0.3, 0.4) is 0 Å². The largest absolute Gasteiger partial charge is 0.271 e. The first-order chi connectivity index (χ1) is 14.8. The highest BCUT2D eigenvalue weighted by Crippen LogP contribution is 2.26. The molecule has 1 amide bonds. The summed E-state index contributed by atoms with van der Waals surface area (Å²) in [6, 6.07) is 19.4. The van der Waals surface area contributed by atoms with Crippen molar-refractivity contribution in [3.63, 3.8) is 0 Å². The Labute approximate surface area is 198 Å². The number of carbonyl (C=O) groups is 1. The average molecular weight is 541 g/mol. The molecule has 3 aromatic rings. The lowest BCUT2D eigenvalue weighted by atomic mass is 10.2. The van der Waals surface area contributed by atoms with E-state index in [1.165, 1.54) is 18.3 Å². The Hall–Kier alpha value is -2.39. The minimum absolute atomic E-state index is 0.0714. The van der Waals surface area contributed by atoms with Crippen LogP contribution < -0.4 is 9.73 Å². The van der Waals surface area contributed by atoms with Crippen molar-refractivity contribution in [3.05, 3.63) is 92.9 Å². The average Bonchev–Trinajstić information content (AvgIpc) is 2.75. The molecule has 0 radical (unpaired) electrons. The zero-order valence-electron chi connectivity index (χ0n) is 15.9. The Morgan fingerprint density at radius 2 is 1.74 bits per heavy atom. The molecule has 3 rings (SSSR count). The second-order valence-corrected chi connectivity index (χ2v) is 9.86. The Kier molecular flexibility index (Phi) is 7.72. The van der Waals surface area contributed by atoms with Crippen LogP contribution in [0.15, 0.2) is 87.3 Å². The molecule has 0 spiro atoms. The number of carbonyl (C=O) groups excluding carboxylic acids is 1. The number of amides is 1. The van der Waals surface area contributed by atoms with Gasteiger partial charge in [-0.2, -0.15) is 5.10 Å². The minimum atomic E-state index is -3.99. The molecule has 0 aliphatic carbocycles. The van der Waals surface area contributed by atoms with Gasteiger partial charge in [0, 0.05) is 4.47 Å². The van der Waals surface area contributed by atoms with E-state index in [0.717, 1.165) is 4.31 Å². The van der Waals surface area contributed by atoms with Gasteiger partial charge in [0.05, 0.1) is 26.8 Å². The topological polar surface area (TPSA) is 78.8 Å². The van der Waals surface area contributed by atoms with E-state index in [1.807, 2.05) is 0 Å². The SMILES string of the molecule is O=C(CN(c1cccc(Br)c1)S(=O)(=O)c1ccccc1)N/N=C\c1ccc(Cl)c(Cl)c1. The molecule has 3 aromatic carbocycles. The molecule has 0 fully saturated rings. The molecule has 160 valence electrons. The number of halogens is 3. The van der Waals surface area contributed by atoms with E-state index < -0.39 is 22.5 Å². The molecule has 31 heavy (non-hydrogen) atoms. The Morgan fingerprint density at radius 3 is 2.42 bits per heavy atom. The first-order valence-electron chi connectivity index (χ1n) is 8.88. The van der Waals surface area contributed by atoms with Gasteiger partial charge in [-0.3, -0.25) is 9.10 Å². The predicted molar refractivity (Wildman–Crippen MR) is 127 cm³/mol. The van der Waals surface area contributed by atoms with Crippen LogP contribution in [0.5, 0.6) is 0 Å². The molecule has 0 heterocycles. The van der Waals surface area contributed by atoms with E-state index in [-0.39, 0.29) is 4.90 Å². The van der Waals surface area contributed by atoms with Crippen LogP contribution in [0.2, 0.25) is 10.0 Å². The van der Waals surface area contributed by atoms with Crippen molar-refractivity contribution in [2.24, 2.45) is 5.10 Å². The summed E-state index contributed by atoms with van der Waals surface area (Å²) in [4.78, 5) is 12.6. The lowest BCUT2D eigenvalue weighted by Gasteiger charge is -2.23. The number of hydrogen-bond acceptors (Lipinski definition) is 4. The van der Waals surface area contributed by atoms with Crippen LogP contribution in [0.25, 0.3) is 0 Å². The highest BCUT2D eigenvalue weighted by atomic mass is 79.9. The fourth-order valence-corrected chi connectivity index (χ4v) is 4.73. The highest BCUT2D eigenvalue weighted by molar-refractivity contribution is 9.10. The van der Waals surface area contributed by atoms with Crippen LogP contribution in [0.4, 0.5) is 5.69 Å². The molecule has 0 aromatic heterocycles. The second-order valence-electron chi connectivity index (χ2n) is 6.27. The van der Waals surface area contributed by atoms with Crippen LogP contribution in [0, 0.1) is 0 Å². The van der Waals surface area contributed by atoms with E-state index >= 15 is 0 Å². The smallest absolute Gasteiger partial charge is 0.264 e. The van der Waals surface area contributed by atoms with Gasteiger partial charge in [0.2, 0.25) is 0 Å². The molecule has 0 saturated heterocycles. The van der Waals surface area contributed by atoms with Crippen molar-refractivity contribution in [2.45, 2.75) is 4.90 Å². The summed E-state index contributed by atoms with van der Waals surface area (Å²) in [5, 5.41) is 4.63. The first-order valence-corrected chi connectivity index (χ1v) is 11.9. The van der Waals surface area contributed by atoms with Crippen molar-refractivity contribution >= 4 is 67.0 Å². The standard InChI is InChI=1S/C21H16BrCl2N3O3S/c22-16-5-4-6-17(12-16)27(31(29,30)18-7-2-1-3-8-18)14-21(28)26-25-13-15-9-10-19(23)20(24)11-15/h1-13H,14H2,(H,26,28)/b25-13-. The van der Waals surface area contributed by atoms with E-state index in [1.54, 1.807) is 60.7 Å². The molecule has 0 aliphatic heterocycles. The van der Waals surface area contributed by atoms with Crippen molar-refractivity contribution in [3.8, 4) is 0 Å². The zero-order chi connectivity index (χ0) is 22.4. The van der Waals surface area contributed by atoms with Crippen molar-refractivity contribution in [1.82, 2.24) is 5.43 Å². The number of benzene rings is 3. The normalized spacial score (nSPS) is 11.5. The number of anilines is 1. The van der Waals surface area contributed by atoms with Gasteiger partial charge in [-0.1, -0.05) is 69.5 Å². The maximum absolute atomic E-state index is 13.2. The third-order valence-corrected chi connectivity index (χ3v) is 7.08. The fraction of sp³-hybridized carbons (Fsp3) is 0.0476. The molecule has 6 nitrogen and oxygen atoms in total. The lowest BCUT2D eigenvalue weighted by molar-refractivity contribution is -0.119. The number of hydrogen-bond donors (Lipinski definition) is 1. The monoisotopic (exact) mass is 539 g/mol. The summed E-state index contributed by atoms with van der Waals surface area (Å²) < 4.78 is 28.1. The quantitative estimate of drug-likeness (QED) is 0.334. The zero-order valence-corrected chi connectivity index (χ0v) is 19.8. The van der Waals surface area contributed by atoms with Gasteiger partial charge >= 0.3 is 0 Å². The number of sulfonamides is 1. The van der Waals surface area contributed by atoms with Crippen molar-refractivity contribution < 1.29 is 13.2 Å². The van der Waals surface area contributed by atoms with Gasteiger partial charge in [0.25, 0.3) is 15.9 Å². The second kappa shape index (κ2) is 10.3. The van der Waals surface area contributed by atoms with Crippen LogP contribution in [0.1, 0.15) is 5.56 Å². The number of nitrogens with zero attached hydrogens (tertiary/aromatic N) is 2. The van der Waals surface area contributed by atoms with Crippen LogP contribution in [-0.2, 0) is 14.8 Å². The third kappa shape index (κ3) is 6.07. The Bertz CT molecular complexity index is 1220. The van der Waals surface area contributed by atoms with Crippen LogP contribution >= 0.6 is 39.1 Å². The summed E-state index contributed by atoms with van der Waals surface area (Å²) >= 11 is 15.2. The molecule has 0 atom stereocenters. The maximum Gasteiger partial charge on any atom is 0.264 e. The molecule has 10 heteroatoms. The summed E-state index contributed by atoms with van der Waals surface area (Å²) in [5.41, 5.74) is 3.30. The van der Waals surface area contributed by atoms with Crippen LogP contribution in [-0.4, -0.2) is 27.1 Å². The van der Waals surface area contributed by atoms with Gasteiger partial charge < -0.3 is 0 Å². The minimum Gasteiger partial charge on any atom is -0.271 e. The van der Waals surface area contributed by atoms with E-state index in [2.05, 4.69) is 26.5 Å². The lowest BCUT2D eigenvalue weighted by Crippen LogP contribution is -2.39. The van der Waals surface area contributed by atoms with E-state index in [4.69, 9.17) is 23.2 Å². The predicted octanol–water partition coefficient (Wildman–Crippen LogP) is 5.10. The molecular weight excluding hydrogens is 525 g/mol. The molecular formula is C21H16BrCl2N3O3S. The van der Waals surface area contributed by atoms with Gasteiger partial charge in [-0.15, -0.1) is 0 Å². The number of nitrogens with one attached hydrogen (secondary N) is 1. The fourth-order valence-electron chi connectivity index (χ4n) is 2.60. The molecule has 0 aliphatic rings. The van der Waals surface area contributed by atoms with Gasteiger partial charge in [-0.05, 0) is 48.0 Å². The molecule has 0 saturated carbocycles. The first kappa shape index (κ1) is 23.3. The Balaban J connectivity index is 1.82. The van der Waals surface area contributed by atoms with E-state index in [0.29, 0.717) is 25.8 Å². The summed E-state index contributed by atoms with van der Waals surface area (Å²) in [6.07, 6.45) is 1.38. The highest BCUT2D eigenvalue weighted by Gasteiger charge is 2.27. The van der Waals surface area contributed by atoms with Gasteiger partial charge in [0.15, 0.2) is 0 Å². The van der Waals surface area contributed by atoms with Crippen molar-refractivity contribution in [1.29, 1.82) is 0 Å². The maximum atomic E-state index is 13.2. The van der Waals surface area contributed by atoms with Gasteiger partial charge in [0.1, 0.15) is 6.54 Å². The molecule has 0 unspecified atom stereocenters. The molecule has 1 N–H and O–H groups in total. The number of rotatable bonds is 7. The molecule has 0 bridgehead atoms. The summed E-state index contributed by atoms with van der Waals surface area (Å²) in [5.74, 6) is -0.615. The number of hydrazone groups is 1. The third-order valence-electron chi connectivity index (χ3n) is 4.06.